The second-order valence-corrected chi connectivity index (χ2v) is 10.0. The van der Waals surface area contributed by atoms with Crippen LogP contribution in [0.4, 0.5) is 15.3 Å². The highest BCUT2D eigenvalue weighted by Crippen LogP contribution is 2.32. The quantitative estimate of drug-likeness (QED) is 0.528. The van der Waals surface area contributed by atoms with Crippen molar-refractivity contribution < 1.29 is 17.6 Å². The van der Waals surface area contributed by atoms with E-state index in [1.165, 1.54) is 18.5 Å². The van der Waals surface area contributed by atoms with Crippen LogP contribution in [0.3, 0.4) is 0 Å². The summed E-state index contributed by atoms with van der Waals surface area (Å²) in [5, 5.41) is 4.36. The predicted octanol–water partition coefficient (Wildman–Crippen LogP) is 3.78. The molecule has 1 aliphatic rings. The van der Waals surface area contributed by atoms with Crippen molar-refractivity contribution in [2.75, 3.05) is 10.0 Å². The minimum atomic E-state index is -3.40. The first kappa shape index (κ1) is 21.3. The summed E-state index contributed by atoms with van der Waals surface area (Å²) in [6.07, 6.45) is 5.99. The molecule has 0 bridgehead atoms. The average Bonchev–Trinajstić information content (AvgIpc) is 3.51. The molecule has 4 rings (SSSR count). The van der Waals surface area contributed by atoms with E-state index in [0.717, 1.165) is 17.5 Å². The molecule has 1 saturated carbocycles. The smallest absolute Gasteiger partial charge is 0.237 e. The van der Waals surface area contributed by atoms with Crippen molar-refractivity contribution in [1.29, 1.82) is 0 Å². The standard InChI is InChI=1S/C20H20FN5O3S2/c1-2-16(17-11-30-20(24-17)26-31(28,29)15-4-5-15)19(27)25-18-6-3-12(9-23-18)13-7-14(21)10-22-8-13/h3,6-11,15-16H,2,4-5H2,1H3,(H,24,26)(H,23,25,27). The van der Waals surface area contributed by atoms with Gasteiger partial charge in [-0.2, -0.15) is 0 Å². The number of anilines is 2. The lowest BCUT2D eigenvalue weighted by molar-refractivity contribution is -0.117. The zero-order valence-corrected chi connectivity index (χ0v) is 18.2. The van der Waals surface area contributed by atoms with Crippen LogP contribution in [0.25, 0.3) is 11.1 Å². The van der Waals surface area contributed by atoms with Gasteiger partial charge in [-0.05, 0) is 37.5 Å². The highest BCUT2D eigenvalue weighted by molar-refractivity contribution is 7.93. The lowest BCUT2D eigenvalue weighted by atomic mass is 10.0. The highest BCUT2D eigenvalue weighted by atomic mass is 32.2. The fraction of sp³-hybridized carbons (Fsp3) is 0.300. The van der Waals surface area contributed by atoms with Crippen LogP contribution < -0.4 is 10.0 Å². The maximum Gasteiger partial charge on any atom is 0.237 e. The molecule has 1 unspecified atom stereocenters. The number of halogens is 1. The summed E-state index contributed by atoms with van der Waals surface area (Å²) >= 11 is 1.16. The van der Waals surface area contributed by atoms with E-state index in [0.29, 0.717) is 41.9 Å². The van der Waals surface area contributed by atoms with Crippen LogP contribution in [-0.4, -0.2) is 34.5 Å². The van der Waals surface area contributed by atoms with Crippen LogP contribution in [0, 0.1) is 5.82 Å². The summed E-state index contributed by atoms with van der Waals surface area (Å²) < 4.78 is 40.0. The summed E-state index contributed by atoms with van der Waals surface area (Å²) in [5.74, 6) is -0.939. The number of rotatable bonds is 8. The van der Waals surface area contributed by atoms with Gasteiger partial charge in [0.05, 0.1) is 23.1 Å². The van der Waals surface area contributed by atoms with Crippen molar-refractivity contribution in [3.8, 4) is 11.1 Å². The predicted molar refractivity (Wildman–Crippen MR) is 117 cm³/mol. The Hall–Kier alpha value is -2.92. The molecule has 1 fully saturated rings. The number of carbonyl (C=O) groups is 1. The van der Waals surface area contributed by atoms with Crippen LogP contribution in [-0.2, 0) is 14.8 Å². The molecule has 3 aromatic heterocycles. The average molecular weight is 462 g/mol. The van der Waals surface area contributed by atoms with Gasteiger partial charge in [0.15, 0.2) is 5.13 Å². The Morgan fingerprint density at radius 3 is 2.71 bits per heavy atom. The molecule has 0 spiro atoms. The number of nitrogens with one attached hydrogen (secondary N) is 2. The van der Waals surface area contributed by atoms with Crippen LogP contribution in [0.1, 0.15) is 37.8 Å². The SMILES string of the molecule is CCC(C(=O)Nc1ccc(-c2cncc(F)c2)cn1)c1csc(NS(=O)(=O)C2CC2)n1. The Kier molecular flexibility index (Phi) is 5.96. The topological polar surface area (TPSA) is 114 Å². The van der Waals surface area contributed by atoms with Crippen molar-refractivity contribution in [3.05, 3.63) is 53.7 Å². The molecule has 11 heteroatoms. The Bertz CT molecular complexity index is 1190. The number of pyridine rings is 2. The number of amides is 1. The molecule has 0 radical (unpaired) electrons. The molecular formula is C20H20FN5O3S2. The molecular weight excluding hydrogens is 441 g/mol. The third-order valence-corrected chi connectivity index (χ3v) is 7.58. The minimum Gasteiger partial charge on any atom is -0.310 e. The fourth-order valence-electron chi connectivity index (χ4n) is 3.03. The minimum absolute atomic E-state index is 0.263. The molecule has 162 valence electrons. The number of carbonyl (C=O) groups excluding carboxylic acids is 1. The molecule has 1 amide bonds. The van der Waals surface area contributed by atoms with Crippen LogP contribution in [0.2, 0.25) is 0 Å². The summed E-state index contributed by atoms with van der Waals surface area (Å²) in [6, 6.07) is 4.70. The van der Waals surface area contributed by atoms with Crippen molar-refractivity contribution >= 4 is 38.2 Å². The normalized spacial score (nSPS) is 14.8. The Morgan fingerprint density at radius 2 is 2.06 bits per heavy atom. The monoisotopic (exact) mass is 461 g/mol. The first-order valence-electron chi connectivity index (χ1n) is 9.70. The first-order valence-corrected chi connectivity index (χ1v) is 12.1. The van der Waals surface area contributed by atoms with Gasteiger partial charge >= 0.3 is 0 Å². The van der Waals surface area contributed by atoms with E-state index in [4.69, 9.17) is 0 Å². The van der Waals surface area contributed by atoms with Gasteiger partial charge in [0.25, 0.3) is 0 Å². The number of thiazole rings is 1. The van der Waals surface area contributed by atoms with E-state index in [9.17, 15) is 17.6 Å². The number of nitrogens with zero attached hydrogens (tertiary/aromatic N) is 3. The lowest BCUT2D eigenvalue weighted by Crippen LogP contribution is -2.22. The first-order chi connectivity index (χ1) is 14.9. The third kappa shape index (κ3) is 5.05. The van der Waals surface area contributed by atoms with Gasteiger partial charge in [-0.1, -0.05) is 6.92 Å². The van der Waals surface area contributed by atoms with Crippen molar-refractivity contribution in [1.82, 2.24) is 15.0 Å². The molecule has 2 N–H and O–H groups in total. The second kappa shape index (κ2) is 8.67. The molecule has 0 saturated heterocycles. The molecule has 31 heavy (non-hydrogen) atoms. The largest absolute Gasteiger partial charge is 0.310 e. The van der Waals surface area contributed by atoms with Crippen molar-refractivity contribution in [3.63, 3.8) is 0 Å². The van der Waals surface area contributed by atoms with Gasteiger partial charge in [-0.15, -0.1) is 11.3 Å². The molecule has 0 aliphatic heterocycles. The molecule has 3 heterocycles. The van der Waals surface area contributed by atoms with Crippen molar-refractivity contribution in [2.45, 2.75) is 37.4 Å². The summed E-state index contributed by atoms with van der Waals surface area (Å²) in [7, 11) is -3.40. The van der Waals surface area contributed by atoms with Gasteiger partial charge in [0, 0.05) is 28.9 Å². The summed E-state index contributed by atoms with van der Waals surface area (Å²) in [6.45, 7) is 1.85. The van der Waals surface area contributed by atoms with Gasteiger partial charge in [-0.3, -0.25) is 14.5 Å². The van der Waals surface area contributed by atoms with Crippen LogP contribution in [0.15, 0.2) is 42.2 Å². The second-order valence-electron chi connectivity index (χ2n) is 7.20. The van der Waals surface area contributed by atoms with Gasteiger partial charge in [0.2, 0.25) is 15.9 Å². The third-order valence-electron chi connectivity index (χ3n) is 4.85. The molecule has 3 aromatic rings. The van der Waals surface area contributed by atoms with E-state index in [1.807, 2.05) is 6.92 Å². The number of aromatic nitrogens is 3. The molecule has 1 aliphatic carbocycles. The number of hydrogen-bond donors (Lipinski definition) is 2. The van der Waals surface area contributed by atoms with Gasteiger partial charge in [0.1, 0.15) is 11.6 Å². The highest BCUT2D eigenvalue weighted by Gasteiger charge is 2.36. The maximum atomic E-state index is 13.3. The van der Waals surface area contributed by atoms with Crippen LogP contribution >= 0.6 is 11.3 Å². The van der Waals surface area contributed by atoms with E-state index < -0.39 is 21.8 Å². The summed E-state index contributed by atoms with van der Waals surface area (Å²) in [4.78, 5) is 25.1. The number of sulfonamides is 1. The fourth-order valence-corrected chi connectivity index (χ4v) is 5.39. The van der Waals surface area contributed by atoms with Gasteiger partial charge in [-0.25, -0.2) is 22.8 Å². The Labute approximate surface area is 183 Å². The molecule has 8 nitrogen and oxygen atoms in total. The summed E-state index contributed by atoms with van der Waals surface area (Å²) in [5.41, 5.74) is 1.76. The van der Waals surface area contributed by atoms with Gasteiger partial charge < -0.3 is 5.32 Å². The molecule has 1 atom stereocenters. The zero-order valence-electron chi connectivity index (χ0n) is 16.6. The maximum absolute atomic E-state index is 13.3. The lowest BCUT2D eigenvalue weighted by Gasteiger charge is -2.13. The molecule has 0 aromatic carbocycles. The van der Waals surface area contributed by atoms with E-state index >= 15 is 0 Å². The van der Waals surface area contributed by atoms with Crippen molar-refractivity contribution in [2.24, 2.45) is 0 Å². The van der Waals surface area contributed by atoms with E-state index in [1.54, 1.807) is 17.5 Å². The van der Waals surface area contributed by atoms with E-state index in [-0.39, 0.29) is 16.3 Å². The Balaban J connectivity index is 1.43. The number of hydrogen-bond acceptors (Lipinski definition) is 7. The van der Waals surface area contributed by atoms with E-state index in [2.05, 4.69) is 25.0 Å². The zero-order chi connectivity index (χ0) is 22.0. The van der Waals surface area contributed by atoms with Crippen LogP contribution in [0.5, 0.6) is 0 Å². The Morgan fingerprint density at radius 1 is 1.26 bits per heavy atom.